The van der Waals surface area contributed by atoms with Crippen molar-refractivity contribution in [1.29, 1.82) is 0 Å². The predicted molar refractivity (Wildman–Crippen MR) is 48.3 cm³/mol. The number of benzene rings is 1. The van der Waals surface area contributed by atoms with Gasteiger partial charge >= 0.3 is 6.18 Å². The number of hydrogen-bond acceptors (Lipinski definition) is 2. The molecule has 0 saturated heterocycles. The van der Waals surface area contributed by atoms with Gasteiger partial charge in [-0.15, -0.1) is 12.6 Å². The Balaban J connectivity index is 2.63. The molecule has 2 nitrogen and oxygen atoms in total. The standard InChI is InChI=1S/C8H5F3N2S/c9-8(10,11)7-12-5-2-1-4(14)3-6(5)13-7/h1-3,14H,(H,12,13). The third-order valence-electron chi connectivity index (χ3n) is 1.73. The Bertz CT molecular complexity index is 475. The molecule has 0 unspecified atom stereocenters. The summed E-state index contributed by atoms with van der Waals surface area (Å²) in [5.74, 6) is -0.980. The van der Waals surface area contributed by atoms with E-state index in [-0.39, 0.29) is 5.52 Å². The van der Waals surface area contributed by atoms with E-state index >= 15 is 0 Å². The Hall–Kier alpha value is -1.17. The Labute approximate surface area is 82.6 Å². The van der Waals surface area contributed by atoms with Gasteiger partial charge in [0, 0.05) is 4.90 Å². The summed E-state index contributed by atoms with van der Waals surface area (Å²) in [6, 6.07) is 4.58. The summed E-state index contributed by atoms with van der Waals surface area (Å²) >= 11 is 4.01. The SMILES string of the molecule is FC(F)(F)c1nc2ccc(S)cc2[nH]1. The molecule has 2 rings (SSSR count). The highest BCUT2D eigenvalue weighted by Gasteiger charge is 2.34. The molecule has 2 aromatic rings. The van der Waals surface area contributed by atoms with E-state index in [0.29, 0.717) is 10.4 Å². The lowest BCUT2D eigenvalue weighted by Crippen LogP contribution is -2.06. The van der Waals surface area contributed by atoms with Crippen LogP contribution in [0.25, 0.3) is 11.0 Å². The lowest BCUT2D eigenvalue weighted by atomic mass is 10.3. The average Bonchev–Trinajstić information content (AvgIpc) is 2.45. The zero-order chi connectivity index (χ0) is 10.3. The number of nitrogens with zero attached hydrogens (tertiary/aromatic N) is 1. The van der Waals surface area contributed by atoms with E-state index in [9.17, 15) is 13.2 Å². The van der Waals surface area contributed by atoms with Gasteiger partial charge in [-0.25, -0.2) is 4.98 Å². The van der Waals surface area contributed by atoms with Crippen molar-refractivity contribution in [2.45, 2.75) is 11.1 Å². The van der Waals surface area contributed by atoms with Crippen molar-refractivity contribution in [3.05, 3.63) is 24.0 Å². The highest BCUT2D eigenvalue weighted by atomic mass is 32.1. The van der Waals surface area contributed by atoms with Crippen LogP contribution >= 0.6 is 12.6 Å². The molecule has 0 atom stereocenters. The van der Waals surface area contributed by atoms with Gasteiger partial charge in [-0.2, -0.15) is 13.2 Å². The summed E-state index contributed by atoms with van der Waals surface area (Å²) in [5, 5.41) is 0. The zero-order valence-electron chi connectivity index (χ0n) is 6.76. The minimum atomic E-state index is -4.43. The van der Waals surface area contributed by atoms with E-state index in [1.54, 1.807) is 6.07 Å². The van der Waals surface area contributed by atoms with Crippen molar-refractivity contribution in [1.82, 2.24) is 9.97 Å². The lowest BCUT2D eigenvalue weighted by molar-refractivity contribution is -0.144. The molecule has 0 fully saturated rings. The first kappa shape index (κ1) is 9.39. The largest absolute Gasteiger partial charge is 0.449 e. The molecule has 14 heavy (non-hydrogen) atoms. The van der Waals surface area contributed by atoms with Crippen molar-refractivity contribution in [3.63, 3.8) is 0 Å². The number of nitrogens with one attached hydrogen (secondary N) is 1. The van der Waals surface area contributed by atoms with E-state index < -0.39 is 12.0 Å². The molecule has 0 aliphatic carbocycles. The molecule has 0 radical (unpaired) electrons. The second-order valence-corrected chi connectivity index (χ2v) is 3.30. The summed E-state index contributed by atoms with van der Waals surface area (Å²) in [5.41, 5.74) is 0.625. The van der Waals surface area contributed by atoms with Crippen molar-refractivity contribution in [3.8, 4) is 0 Å². The molecule has 0 bridgehead atoms. The van der Waals surface area contributed by atoms with E-state index in [1.165, 1.54) is 12.1 Å². The van der Waals surface area contributed by atoms with Crippen LogP contribution in [0.1, 0.15) is 5.82 Å². The van der Waals surface area contributed by atoms with Gasteiger partial charge < -0.3 is 4.98 Å². The summed E-state index contributed by atoms with van der Waals surface area (Å²) in [6.45, 7) is 0. The fraction of sp³-hybridized carbons (Fsp3) is 0.125. The van der Waals surface area contributed by atoms with Gasteiger partial charge in [0.15, 0.2) is 0 Å². The number of alkyl halides is 3. The van der Waals surface area contributed by atoms with Gasteiger partial charge in [0.2, 0.25) is 5.82 Å². The van der Waals surface area contributed by atoms with Gasteiger partial charge in [-0.05, 0) is 18.2 Å². The van der Waals surface area contributed by atoms with Crippen LogP contribution in [-0.4, -0.2) is 9.97 Å². The maximum Gasteiger partial charge on any atom is 0.449 e. The van der Waals surface area contributed by atoms with Crippen molar-refractivity contribution >= 4 is 23.7 Å². The summed E-state index contributed by atoms with van der Waals surface area (Å²) in [7, 11) is 0. The van der Waals surface area contributed by atoms with Crippen LogP contribution in [0.3, 0.4) is 0 Å². The van der Waals surface area contributed by atoms with Gasteiger partial charge in [0.1, 0.15) is 0 Å². The Kier molecular flexibility index (Phi) is 1.95. The third kappa shape index (κ3) is 1.57. The van der Waals surface area contributed by atoms with E-state index in [1.807, 2.05) is 0 Å². The molecule has 1 N–H and O–H groups in total. The number of thiol groups is 1. The molecule has 0 aliphatic rings. The zero-order valence-corrected chi connectivity index (χ0v) is 7.65. The summed E-state index contributed by atoms with van der Waals surface area (Å²) < 4.78 is 36.6. The lowest BCUT2D eigenvalue weighted by Gasteiger charge is -1.98. The minimum absolute atomic E-state index is 0.287. The smallest absolute Gasteiger partial charge is 0.334 e. The number of aromatic nitrogens is 2. The van der Waals surface area contributed by atoms with Gasteiger partial charge in [0.25, 0.3) is 0 Å². The van der Waals surface area contributed by atoms with Crippen molar-refractivity contribution < 1.29 is 13.2 Å². The number of H-pyrrole nitrogens is 1. The third-order valence-corrected chi connectivity index (χ3v) is 2.01. The first-order valence-electron chi connectivity index (χ1n) is 3.73. The molecule has 1 heterocycles. The molecule has 1 aromatic heterocycles. The maximum atomic E-state index is 12.2. The molecule has 1 aromatic carbocycles. The second kappa shape index (κ2) is 2.91. The van der Waals surface area contributed by atoms with E-state index in [4.69, 9.17) is 0 Å². The monoisotopic (exact) mass is 218 g/mol. The summed E-state index contributed by atoms with van der Waals surface area (Å²) in [4.78, 5) is 6.19. The topological polar surface area (TPSA) is 28.7 Å². The maximum absolute atomic E-state index is 12.2. The first-order chi connectivity index (χ1) is 6.47. The highest BCUT2D eigenvalue weighted by Crippen LogP contribution is 2.28. The average molecular weight is 218 g/mol. The van der Waals surface area contributed by atoms with Gasteiger partial charge in [-0.3, -0.25) is 0 Å². The van der Waals surface area contributed by atoms with Crippen molar-refractivity contribution in [2.75, 3.05) is 0 Å². The number of fused-ring (bicyclic) bond motifs is 1. The molecule has 0 saturated carbocycles. The second-order valence-electron chi connectivity index (χ2n) is 2.78. The van der Waals surface area contributed by atoms with Gasteiger partial charge in [0.05, 0.1) is 11.0 Å². The quantitative estimate of drug-likeness (QED) is 0.654. The van der Waals surface area contributed by atoms with Crippen LogP contribution in [0, 0.1) is 0 Å². The molecule has 74 valence electrons. The fourth-order valence-electron chi connectivity index (χ4n) is 1.13. The normalized spacial score (nSPS) is 12.3. The van der Waals surface area contributed by atoms with Crippen LogP contribution < -0.4 is 0 Å². The van der Waals surface area contributed by atoms with Gasteiger partial charge in [-0.1, -0.05) is 0 Å². The van der Waals surface area contributed by atoms with Crippen LogP contribution in [0.2, 0.25) is 0 Å². The molecule has 0 aliphatic heterocycles. The molecule has 0 amide bonds. The first-order valence-corrected chi connectivity index (χ1v) is 4.17. The van der Waals surface area contributed by atoms with E-state index in [0.717, 1.165) is 0 Å². The Morgan fingerprint density at radius 1 is 1.29 bits per heavy atom. The Morgan fingerprint density at radius 3 is 2.64 bits per heavy atom. The Morgan fingerprint density at radius 2 is 2.00 bits per heavy atom. The molecule has 6 heteroatoms. The van der Waals surface area contributed by atoms with Crippen LogP contribution in [0.4, 0.5) is 13.2 Å². The highest BCUT2D eigenvalue weighted by molar-refractivity contribution is 7.80. The molecular formula is C8H5F3N2S. The van der Waals surface area contributed by atoms with E-state index in [2.05, 4.69) is 22.6 Å². The number of hydrogen-bond donors (Lipinski definition) is 2. The van der Waals surface area contributed by atoms with Crippen molar-refractivity contribution in [2.24, 2.45) is 0 Å². The molecular weight excluding hydrogens is 213 g/mol. The number of imidazole rings is 1. The fourth-order valence-corrected chi connectivity index (χ4v) is 1.34. The number of rotatable bonds is 0. The number of aromatic amines is 1. The van der Waals surface area contributed by atoms with Crippen LogP contribution in [0.5, 0.6) is 0 Å². The minimum Gasteiger partial charge on any atom is -0.334 e. The number of halogens is 3. The van der Waals surface area contributed by atoms with Crippen LogP contribution in [-0.2, 0) is 6.18 Å². The predicted octanol–water partition coefficient (Wildman–Crippen LogP) is 2.87. The summed E-state index contributed by atoms with van der Waals surface area (Å²) in [6.07, 6.45) is -4.43. The van der Waals surface area contributed by atoms with Crippen LogP contribution in [0.15, 0.2) is 23.1 Å². The molecule has 0 spiro atoms.